The van der Waals surface area contributed by atoms with Gasteiger partial charge in [-0.25, -0.2) is 4.98 Å². The number of imidazole rings is 1. The summed E-state index contributed by atoms with van der Waals surface area (Å²) in [5.41, 5.74) is 2.03. The molecular formula is C51H93N3O4. The predicted molar refractivity (Wildman–Crippen MR) is 248 cm³/mol. The third-order valence-corrected chi connectivity index (χ3v) is 12.0. The molecule has 0 amide bonds. The number of unbranched alkanes of at least 4 members (excludes halogenated alkanes) is 24. The summed E-state index contributed by atoms with van der Waals surface area (Å²) >= 11 is 0. The van der Waals surface area contributed by atoms with Crippen molar-refractivity contribution in [3.63, 3.8) is 0 Å². The van der Waals surface area contributed by atoms with Gasteiger partial charge in [-0.1, -0.05) is 187 Å². The van der Waals surface area contributed by atoms with E-state index in [1.807, 2.05) is 24.5 Å². The molecule has 58 heavy (non-hydrogen) atoms. The fourth-order valence-electron chi connectivity index (χ4n) is 8.32. The minimum atomic E-state index is -0.466. The number of esters is 1. The highest BCUT2D eigenvalue weighted by Crippen LogP contribution is 2.19. The van der Waals surface area contributed by atoms with Gasteiger partial charge in [-0.05, 0) is 70.2 Å². The van der Waals surface area contributed by atoms with Crippen molar-refractivity contribution in [3.05, 3.63) is 30.6 Å². The van der Waals surface area contributed by atoms with Crippen molar-refractivity contribution in [2.75, 3.05) is 32.8 Å². The molecule has 1 atom stereocenters. The minimum Gasteiger partial charge on any atom is -0.466 e. The lowest BCUT2D eigenvalue weighted by Crippen LogP contribution is -2.36. The lowest BCUT2D eigenvalue weighted by molar-refractivity contribution is -0.143. The topological polar surface area (TPSA) is 76.8 Å². The van der Waals surface area contributed by atoms with Gasteiger partial charge in [-0.15, -0.1) is 0 Å². The van der Waals surface area contributed by atoms with E-state index in [1.165, 1.54) is 154 Å². The predicted octanol–water partition coefficient (Wildman–Crippen LogP) is 14.2. The minimum absolute atomic E-state index is 0.0454. The SMILES string of the molecule is CCCCCCCCCCCOC(=O)CCCCCN(CCCCCCCOC(CCCCCCCC)CCCCCCCC)CC(O)Cn1cnc2ccccc21. The van der Waals surface area contributed by atoms with Gasteiger partial charge in [0.1, 0.15) is 0 Å². The maximum atomic E-state index is 12.4. The molecule has 0 bridgehead atoms. The number of ether oxygens (including phenoxy) is 2. The molecule has 2 rings (SSSR count). The normalized spacial score (nSPS) is 12.4. The number of hydrogen-bond acceptors (Lipinski definition) is 6. The number of para-hydroxylation sites is 2. The summed E-state index contributed by atoms with van der Waals surface area (Å²) in [7, 11) is 0. The molecule has 0 saturated heterocycles. The molecule has 0 aliphatic carbocycles. The summed E-state index contributed by atoms with van der Waals surface area (Å²) in [5.74, 6) is -0.0454. The Bertz CT molecular complexity index is 1170. The molecule has 0 saturated carbocycles. The molecular weight excluding hydrogens is 719 g/mol. The highest BCUT2D eigenvalue weighted by Gasteiger charge is 2.15. The number of fused-ring (bicyclic) bond motifs is 1. The number of aliphatic hydroxyl groups excluding tert-OH is 1. The van der Waals surface area contributed by atoms with E-state index in [0.29, 0.717) is 32.2 Å². The van der Waals surface area contributed by atoms with Crippen LogP contribution in [0.2, 0.25) is 0 Å². The average Bonchev–Trinajstić information content (AvgIpc) is 3.63. The number of rotatable bonds is 43. The molecule has 1 heterocycles. The van der Waals surface area contributed by atoms with Crippen LogP contribution < -0.4 is 0 Å². The first-order chi connectivity index (χ1) is 28.6. The van der Waals surface area contributed by atoms with E-state index in [1.54, 1.807) is 0 Å². The van der Waals surface area contributed by atoms with Gasteiger partial charge >= 0.3 is 5.97 Å². The number of aromatic nitrogens is 2. The first-order valence-corrected chi connectivity index (χ1v) is 25.1. The Hall–Kier alpha value is -1.96. The van der Waals surface area contributed by atoms with Gasteiger partial charge in [-0.3, -0.25) is 4.79 Å². The third-order valence-electron chi connectivity index (χ3n) is 12.0. The van der Waals surface area contributed by atoms with E-state index in [2.05, 4.69) is 41.3 Å². The molecule has 1 unspecified atom stereocenters. The Kier molecular flexibility index (Phi) is 34.2. The highest BCUT2D eigenvalue weighted by atomic mass is 16.5. The van der Waals surface area contributed by atoms with E-state index in [9.17, 15) is 9.90 Å². The lowest BCUT2D eigenvalue weighted by Gasteiger charge is -2.25. The summed E-state index contributed by atoms with van der Waals surface area (Å²) in [5, 5.41) is 11.2. The first-order valence-electron chi connectivity index (χ1n) is 25.1. The smallest absolute Gasteiger partial charge is 0.305 e. The lowest BCUT2D eigenvalue weighted by atomic mass is 10.0. The monoisotopic (exact) mass is 812 g/mol. The molecule has 0 radical (unpaired) electrons. The van der Waals surface area contributed by atoms with Crippen LogP contribution in [0.15, 0.2) is 30.6 Å². The Labute approximate surface area is 358 Å². The van der Waals surface area contributed by atoms with Crippen LogP contribution in [0.25, 0.3) is 11.0 Å². The number of carbonyl (C=O) groups excluding carboxylic acids is 1. The number of benzene rings is 1. The molecule has 1 N–H and O–H groups in total. The van der Waals surface area contributed by atoms with Crippen LogP contribution in [0, 0.1) is 0 Å². The van der Waals surface area contributed by atoms with Gasteiger partial charge in [0.2, 0.25) is 0 Å². The van der Waals surface area contributed by atoms with Crippen LogP contribution >= 0.6 is 0 Å². The van der Waals surface area contributed by atoms with Gasteiger partial charge in [-0.2, -0.15) is 0 Å². The summed E-state index contributed by atoms with van der Waals surface area (Å²) < 4.78 is 14.1. The molecule has 7 heteroatoms. The van der Waals surface area contributed by atoms with Crippen LogP contribution in [-0.2, 0) is 20.8 Å². The maximum Gasteiger partial charge on any atom is 0.305 e. The van der Waals surface area contributed by atoms with Gasteiger partial charge in [0.05, 0.1) is 42.7 Å². The maximum absolute atomic E-state index is 12.4. The number of aliphatic hydroxyl groups is 1. The van der Waals surface area contributed by atoms with E-state index in [0.717, 1.165) is 75.7 Å². The molecule has 0 aliphatic rings. The van der Waals surface area contributed by atoms with E-state index in [4.69, 9.17) is 9.47 Å². The first kappa shape index (κ1) is 52.2. The standard InChI is InChI=1S/C51H93N3O4/c1-4-7-10-13-16-17-18-23-34-43-58-51(56)39-28-25-32-41-53(44-47(55)45-54-46-52-49-37-29-30-38-50(49)54)40-31-22-19-24-33-42-57-48(35-26-20-14-11-8-5-2)36-27-21-15-12-9-6-3/h29-30,37-38,46-48,55H,4-28,31-36,39-45H2,1-3H3. The molecule has 1 aromatic heterocycles. The van der Waals surface area contributed by atoms with Crippen molar-refractivity contribution in [1.82, 2.24) is 14.5 Å². The zero-order chi connectivity index (χ0) is 41.6. The fourth-order valence-corrected chi connectivity index (χ4v) is 8.32. The number of carbonyl (C=O) groups is 1. The van der Waals surface area contributed by atoms with Crippen molar-refractivity contribution < 1.29 is 19.4 Å². The van der Waals surface area contributed by atoms with Gasteiger partial charge in [0.25, 0.3) is 0 Å². The molecule has 1 aromatic carbocycles. The largest absolute Gasteiger partial charge is 0.466 e. The number of nitrogens with zero attached hydrogens (tertiary/aromatic N) is 3. The zero-order valence-corrected chi connectivity index (χ0v) is 38.4. The number of hydrogen-bond donors (Lipinski definition) is 1. The van der Waals surface area contributed by atoms with E-state index >= 15 is 0 Å². The highest BCUT2D eigenvalue weighted by molar-refractivity contribution is 5.74. The third kappa shape index (κ3) is 28.5. The Balaban J connectivity index is 1.68. The molecule has 0 spiro atoms. The second-order valence-corrected chi connectivity index (χ2v) is 17.6. The Morgan fingerprint density at radius 3 is 1.69 bits per heavy atom. The van der Waals surface area contributed by atoms with Crippen molar-refractivity contribution >= 4 is 17.0 Å². The summed E-state index contributed by atoms with van der Waals surface area (Å²) in [6, 6.07) is 8.14. The fraction of sp³-hybridized carbons (Fsp3) is 0.843. The van der Waals surface area contributed by atoms with E-state index < -0.39 is 6.10 Å². The molecule has 0 aliphatic heterocycles. The Morgan fingerprint density at radius 2 is 1.10 bits per heavy atom. The van der Waals surface area contributed by atoms with Gasteiger partial charge < -0.3 is 24.0 Å². The average molecular weight is 812 g/mol. The zero-order valence-electron chi connectivity index (χ0n) is 38.4. The van der Waals surface area contributed by atoms with Crippen LogP contribution in [0.4, 0.5) is 0 Å². The van der Waals surface area contributed by atoms with Crippen LogP contribution in [0.5, 0.6) is 0 Å². The quantitative estimate of drug-likeness (QED) is 0.0531. The van der Waals surface area contributed by atoms with Crippen molar-refractivity contribution in [2.24, 2.45) is 0 Å². The van der Waals surface area contributed by atoms with E-state index in [-0.39, 0.29) is 5.97 Å². The Morgan fingerprint density at radius 1 is 0.621 bits per heavy atom. The van der Waals surface area contributed by atoms with Crippen molar-refractivity contribution in [3.8, 4) is 0 Å². The van der Waals surface area contributed by atoms with Gasteiger partial charge in [0.15, 0.2) is 0 Å². The summed E-state index contributed by atoms with van der Waals surface area (Å²) in [4.78, 5) is 19.3. The summed E-state index contributed by atoms with van der Waals surface area (Å²) in [6.45, 7) is 11.5. The molecule has 2 aromatic rings. The van der Waals surface area contributed by atoms with Crippen molar-refractivity contribution in [2.45, 2.75) is 245 Å². The van der Waals surface area contributed by atoms with Crippen LogP contribution in [0.3, 0.4) is 0 Å². The van der Waals surface area contributed by atoms with Gasteiger partial charge in [0, 0.05) is 19.6 Å². The van der Waals surface area contributed by atoms with Crippen molar-refractivity contribution in [1.29, 1.82) is 0 Å². The van der Waals surface area contributed by atoms with Crippen LogP contribution in [0.1, 0.15) is 226 Å². The molecule has 7 nitrogen and oxygen atoms in total. The molecule has 0 fully saturated rings. The molecule has 336 valence electrons. The second-order valence-electron chi connectivity index (χ2n) is 17.6. The summed E-state index contributed by atoms with van der Waals surface area (Å²) in [6.07, 6.45) is 41.4. The van der Waals surface area contributed by atoms with Crippen LogP contribution in [-0.4, -0.2) is 70.6 Å². The second kappa shape index (κ2) is 38.0.